The molecular formula is C9H18O2. The van der Waals surface area contributed by atoms with Gasteiger partial charge in [-0.05, 0) is 26.2 Å². The number of ether oxygens (including phenoxy) is 1. The number of carbonyl (C=O) groups is 1. The van der Waals surface area contributed by atoms with E-state index >= 15 is 0 Å². The molecule has 0 saturated heterocycles. The van der Waals surface area contributed by atoms with E-state index < -0.39 is 0 Å². The van der Waals surface area contributed by atoms with Crippen molar-refractivity contribution < 1.29 is 9.53 Å². The highest BCUT2D eigenvalue weighted by molar-refractivity contribution is 5.48. The highest BCUT2D eigenvalue weighted by Crippen LogP contribution is 2.03. The molecule has 1 unspecified atom stereocenters. The van der Waals surface area contributed by atoms with E-state index in [1.807, 2.05) is 0 Å². The molecule has 0 bridgehead atoms. The lowest BCUT2D eigenvalue weighted by Crippen LogP contribution is -2.08. The van der Waals surface area contributed by atoms with Crippen LogP contribution >= 0.6 is 0 Å². The molecule has 0 fully saturated rings. The minimum Gasteiger partial charge on any atom is -0.379 e. The van der Waals surface area contributed by atoms with Crippen LogP contribution in [-0.4, -0.2) is 19.0 Å². The Morgan fingerprint density at radius 1 is 1.55 bits per heavy atom. The lowest BCUT2D eigenvalue weighted by Gasteiger charge is -2.10. The summed E-state index contributed by atoms with van der Waals surface area (Å²) in [7, 11) is 0. The van der Waals surface area contributed by atoms with Crippen LogP contribution in [-0.2, 0) is 9.53 Å². The minimum absolute atomic E-state index is 0.315. The van der Waals surface area contributed by atoms with E-state index in [0.717, 1.165) is 32.2 Å². The predicted octanol–water partition coefficient (Wildman–Crippen LogP) is 2.17. The molecule has 0 aromatic carbocycles. The second-order valence-electron chi connectivity index (χ2n) is 2.78. The Morgan fingerprint density at radius 2 is 2.27 bits per heavy atom. The molecule has 11 heavy (non-hydrogen) atoms. The van der Waals surface area contributed by atoms with Gasteiger partial charge < -0.3 is 9.53 Å². The zero-order valence-electron chi connectivity index (χ0n) is 7.51. The summed E-state index contributed by atoms with van der Waals surface area (Å²) in [5, 5.41) is 0. The number of hydrogen-bond donors (Lipinski definition) is 0. The van der Waals surface area contributed by atoms with Gasteiger partial charge in [-0.3, -0.25) is 0 Å². The van der Waals surface area contributed by atoms with Gasteiger partial charge >= 0.3 is 0 Å². The predicted molar refractivity (Wildman–Crippen MR) is 45.6 cm³/mol. The SMILES string of the molecule is CCCOC(C)CCCC=O. The number of unbranched alkanes of at least 4 members (excludes halogenated alkanes) is 1. The fourth-order valence-electron chi connectivity index (χ4n) is 0.891. The first-order valence-corrected chi connectivity index (χ1v) is 4.36. The highest BCUT2D eigenvalue weighted by atomic mass is 16.5. The van der Waals surface area contributed by atoms with Crippen molar-refractivity contribution in [3.63, 3.8) is 0 Å². The maximum absolute atomic E-state index is 9.96. The maximum Gasteiger partial charge on any atom is 0.119 e. The van der Waals surface area contributed by atoms with Gasteiger partial charge in [-0.15, -0.1) is 0 Å². The van der Waals surface area contributed by atoms with Crippen molar-refractivity contribution in [3.05, 3.63) is 0 Å². The van der Waals surface area contributed by atoms with Crippen LogP contribution in [0.5, 0.6) is 0 Å². The molecule has 0 rings (SSSR count). The topological polar surface area (TPSA) is 26.3 Å². The van der Waals surface area contributed by atoms with E-state index in [1.165, 1.54) is 0 Å². The van der Waals surface area contributed by atoms with E-state index in [2.05, 4.69) is 13.8 Å². The second-order valence-corrected chi connectivity index (χ2v) is 2.78. The molecule has 0 amide bonds. The van der Waals surface area contributed by atoms with Crippen LogP contribution in [0.4, 0.5) is 0 Å². The van der Waals surface area contributed by atoms with Crippen LogP contribution in [0.1, 0.15) is 39.5 Å². The summed E-state index contributed by atoms with van der Waals surface area (Å²) in [5.41, 5.74) is 0. The van der Waals surface area contributed by atoms with Gasteiger partial charge in [-0.2, -0.15) is 0 Å². The number of rotatable bonds is 7. The zero-order valence-corrected chi connectivity index (χ0v) is 7.51. The Hall–Kier alpha value is -0.370. The van der Waals surface area contributed by atoms with Crippen LogP contribution in [0, 0.1) is 0 Å². The molecule has 2 heteroatoms. The van der Waals surface area contributed by atoms with Crippen molar-refractivity contribution in [2.24, 2.45) is 0 Å². The van der Waals surface area contributed by atoms with E-state index in [-0.39, 0.29) is 0 Å². The molecular weight excluding hydrogens is 140 g/mol. The third-order valence-electron chi connectivity index (χ3n) is 1.54. The highest BCUT2D eigenvalue weighted by Gasteiger charge is 1.99. The Balaban J connectivity index is 3.08. The largest absolute Gasteiger partial charge is 0.379 e. The summed E-state index contributed by atoms with van der Waals surface area (Å²) in [6.45, 7) is 4.99. The van der Waals surface area contributed by atoms with E-state index in [4.69, 9.17) is 4.74 Å². The van der Waals surface area contributed by atoms with Crippen LogP contribution in [0.25, 0.3) is 0 Å². The molecule has 0 aliphatic carbocycles. The molecule has 0 saturated carbocycles. The summed E-state index contributed by atoms with van der Waals surface area (Å²) in [6.07, 6.45) is 4.97. The van der Waals surface area contributed by atoms with Crippen LogP contribution < -0.4 is 0 Å². The third kappa shape index (κ3) is 7.53. The first kappa shape index (κ1) is 10.6. The monoisotopic (exact) mass is 158 g/mol. The van der Waals surface area contributed by atoms with E-state index in [1.54, 1.807) is 0 Å². The Morgan fingerprint density at radius 3 is 2.82 bits per heavy atom. The minimum atomic E-state index is 0.315. The van der Waals surface area contributed by atoms with E-state index in [0.29, 0.717) is 12.5 Å². The smallest absolute Gasteiger partial charge is 0.119 e. The summed E-state index contributed by atoms with van der Waals surface area (Å²) in [5.74, 6) is 0. The Kier molecular flexibility index (Phi) is 7.47. The van der Waals surface area contributed by atoms with Gasteiger partial charge in [0, 0.05) is 13.0 Å². The molecule has 2 nitrogen and oxygen atoms in total. The third-order valence-corrected chi connectivity index (χ3v) is 1.54. The van der Waals surface area contributed by atoms with Gasteiger partial charge in [-0.25, -0.2) is 0 Å². The standard InChI is InChI=1S/C9H18O2/c1-3-8-11-9(2)6-4-5-7-10/h7,9H,3-6,8H2,1-2H3. The molecule has 66 valence electrons. The van der Waals surface area contributed by atoms with Crippen molar-refractivity contribution in [2.45, 2.75) is 45.6 Å². The van der Waals surface area contributed by atoms with E-state index in [9.17, 15) is 4.79 Å². The number of carbonyl (C=O) groups excluding carboxylic acids is 1. The van der Waals surface area contributed by atoms with Gasteiger partial charge in [0.25, 0.3) is 0 Å². The van der Waals surface area contributed by atoms with Crippen LogP contribution in [0.3, 0.4) is 0 Å². The van der Waals surface area contributed by atoms with Crippen LogP contribution in [0.15, 0.2) is 0 Å². The molecule has 0 heterocycles. The lowest BCUT2D eigenvalue weighted by atomic mass is 10.2. The number of aldehydes is 1. The fraction of sp³-hybridized carbons (Fsp3) is 0.889. The summed E-state index contributed by atoms with van der Waals surface area (Å²) in [6, 6.07) is 0. The average molecular weight is 158 g/mol. The van der Waals surface area contributed by atoms with Gasteiger partial charge in [0.2, 0.25) is 0 Å². The van der Waals surface area contributed by atoms with Crippen LogP contribution in [0.2, 0.25) is 0 Å². The first-order valence-electron chi connectivity index (χ1n) is 4.36. The molecule has 0 spiro atoms. The second kappa shape index (κ2) is 7.73. The first-order chi connectivity index (χ1) is 5.31. The molecule has 0 aliphatic heterocycles. The van der Waals surface area contributed by atoms with Gasteiger partial charge in [0.05, 0.1) is 6.10 Å². The molecule has 0 aliphatic rings. The molecule has 0 N–H and O–H groups in total. The van der Waals surface area contributed by atoms with Crippen molar-refractivity contribution in [1.82, 2.24) is 0 Å². The van der Waals surface area contributed by atoms with Crippen molar-refractivity contribution in [2.75, 3.05) is 6.61 Å². The quantitative estimate of drug-likeness (QED) is 0.419. The molecule has 0 radical (unpaired) electrons. The Labute approximate surface area is 68.9 Å². The van der Waals surface area contributed by atoms with Crippen molar-refractivity contribution >= 4 is 6.29 Å². The maximum atomic E-state index is 9.96. The van der Waals surface area contributed by atoms with Crippen molar-refractivity contribution in [3.8, 4) is 0 Å². The normalized spacial score (nSPS) is 12.9. The average Bonchev–Trinajstić information content (AvgIpc) is 2.01. The summed E-state index contributed by atoms with van der Waals surface area (Å²) >= 11 is 0. The van der Waals surface area contributed by atoms with Gasteiger partial charge in [-0.1, -0.05) is 6.92 Å². The lowest BCUT2D eigenvalue weighted by molar-refractivity contribution is -0.108. The molecule has 0 aromatic rings. The number of hydrogen-bond acceptors (Lipinski definition) is 2. The van der Waals surface area contributed by atoms with Gasteiger partial charge in [0.15, 0.2) is 0 Å². The van der Waals surface area contributed by atoms with Crippen molar-refractivity contribution in [1.29, 1.82) is 0 Å². The summed E-state index contributed by atoms with van der Waals surface area (Å²) in [4.78, 5) is 9.96. The summed E-state index contributed by atoms with van der Waals surface area (Å²) < 4.78 is 5.42. The molecule has 1 atom stereocenters. The fourth-order valence-corrected chi connectivity index (χ4v) is 0.891. The zero-order chi connectivity index (χ0) is 8.53. The Bertz CT molecular complexity index is 91.6. The van der Waals surface area contributed by atoms with Gasteiger partial charge in [0.1, 0.15) is 6.29 Å². The molecule has 0 aromatic heterocycles.